The second-order valence-electron chi connectivity index (χ2n) is 8.44. The molecule has 1 aliphatic carbocycles. The number of nitrogens with one attached hydrogen (secondary N) is 1. The molecule has 1 aromatic heterocycles. The second kappa shape index (κ2) is 10.3. The molecule has 192 valence electrons. The predicted molar refractivity (Wildman–Crippen MR) is 121 cm³/mol. The van der Waals surface area contributed by atoms with E-state index in [0.29, 0.717) is 18.7 Å². The van der Waals surface area contributed by atoms with E-state index < -0.39 is 51.6 Å². The van der Waals surface area contributed by atoms with Crippen LogP contribution in [0.4, 0.5) is 22.0 Å². The molecule has 1 aliphatic rings. The minimum absolute atomic E-state index is 0.0841. The van der Waals surface area contributed by atoms with Crippen LogP contribution in [0.25, 0.3) is 16.6 Å². The first-order valence-corrected chi connectivity index (χ1v) is 11.4. The van der Waals surface area contributed by atoms with Crippen molar-refractivity contribution < 1.29 is 36.2 Å². The van der Waals surface area contributed by atoms with E-state index >= 15 is 0 Å². The molecule has 0 aliphatic heterocycles. The van der Waals surface area contributed by atoms with E-state index in [-0.39, 0.29) is 12.3 Å². The van der Waals surface area contributed by atoms with Crippen LogP contribution in [0.15, 0.2) is 41.3 Å². The predicted octanol–water partition coefficient (Wildman–Crippen LogP) is 5.38. The average molecular weight is 510 g/mol. The highest BCUT2D eigenvalue weighted by atomic mass is 19.4. The Balaban J connectivity index is 1.87. The summed E-state index contributed by atoms with van der Waals surface area (Å²) in [5.41, 5.74) is -1.29. The van der Waals surface area contributed by atoms with Crippen LogP contribution in [-0.4, -0.2) is 29.5 Å². The van der Waals surface area contributed by atoms with Gasteiger partial charge in [0, 0.05) is 24.5 Å². The molecule has 1 heterocycles. The Morgan fingerprint density at radius 2 is 1.81 bits per heavy atom. The third-order valence-electron chi connectivity index (χ3n) is 6.02. The van der Waals surface area contributed by atoms with Crippen molar-refractivity contribution in [3.8, 4) is 11.4 Å². The molecule has 0 atom stereocenters. The fraction of sp³-hybridized carbons (Fsp3) is 0.360. The first-order chi connectivity index (χ1) is 17.1. The van der Waals surface area contributed by atoms with Gasteiger partial charge in [0.1, 0.15) is 11.1 Å². The van der Waals surface area contributed by atoms with E-state index in [1.165, 1.54) is 19.1 Å². The SMILES string of the molecule is CCOC(=O)c1cn(-c2ccc(CNC3CCCC3)cc2)c2c(OC(F)(F)F)c(F)c(F)cc2c1=O. The van der Waals surface area contributed by atoms with Gasteiger partial charge < -0.3 is 19.4 Å². The van der Waals surface area contributed by atoms with Gasteiger partial charge in [-0.2, -0.15) is 4.39 Å². The van der Waals surface area contributed by atoms with Crippen LogP contribution in [-0.2, 0) is 11.3 Å². The van der Waals surface area contributed by atoms with Crippen LogP contribution in [0.5, 0.6) is 5.75 Å². The molecule has 0 radical (unpaired) electrons. The monoisotopic (exact) mass is 510 g/mol. The Bertz CT molecular complexity index is 1330. The molecule has 0 saturated heterocycles. The Morgan fingerprint density at radius 1 is 1.14 bits per heavy atom. The highest BCUT2D eigenvalue weighted by Crippen LogP contribution is 2.35. The molecule has 1 fully saturated rings. The number of alkyl halides is 3. The Labute approximate surface area is 202 Å². The zero-order chi connectivity index (χ0) is 26.0. The minimum Gasteiger partial charge on any atom is -0.462 e. The number of carbonyl (C=O) groups is 1. The van der Waals surface area contributed by atoms with Crippen LogP contribution in [0.3, 0.4) is 0 Å². The zero-order valence-electron chi connectivity index (χ0n) is 19.3. The van der Waals surface area contributed by atoms with Crippen LogP contribution >= 0.6 is 0 Å². The minimum atomic E-state index is -5.38. The summed E-state index contributed by atoms with van der Waals surface area (Å²) in [7, 11) is 0. The molecule has 0 spiro atoms. The number of fused-ring (bicyclic) bond motifs is 1. The number of hydrogen-bond donors (Lipinski definition) is 1. The van der Waals surface area contributed by atoms with Crippen LogP contribution < -0.4 is 15.5 Å². The first-order valence-electron chi connectivity index (χ1n) is 11.4. The molecule has 1 saturated carbocycles. The maximum absolute atomic E-state index is 14.6. The molecule has 0 unspecified atom stereocenters. The topological polar surface area (TPSA) is 69.6 Å². The van der Waals surface area contributed by atoms with Gasteiger partial charge in [-0.15, -0.1) is 13.2 Å². The van der Waals surface area contributed by atoms with Crippen LogP contribution in [0.2, 0.25) is 0 Å². The number of rotatable bonds is 7. The normalized spacial score (nSPS) is 14.4. The number of carbonyl (C=O) groups excluding carboxylic acids is 1. The Kier molecular flexibility index (Phi) is 7.30. The average Bonchev–Trinajstić information content (AvgIpc) is 3.35. The van der Waals surface area contributed by atoms with E-state index in [2.05, 4.69) is 10.1 Å². The Hall–Kier alpha value is -3.47. The van der Waals surface area contributed by atoms with E-state index in [4.69, 9.17) is 4.74 Å². The summed E-state index contributed by atoms with van der Waals surface area (Å²) in [6.45, 7) is 1.98. The van der Waals surface area contributed by atoms with Gasteiger partial charge in [-0.05, 0) is 43.5 Å². The van der Waals surface area contributed by atoms with Gasteiger partial charge in [-0.1, -0.05) is 25.0 Å². The lowest BCUT2D eigenvalue weighted by molar-refractivity contribution is -0.275. The lowest BCUT2D eigenvalue weighted by Gasteiger charge is -2.19. The number of pyridine rings is 1. The molecule has 6 nitrogen and oxygen atoms in total. The van der Waals surface area contributed by atoms with Crippen molar-refractivity contribution in [3.63, 3.8) is 0 Å². The number of halogens is 5. The van der Waals surface area contributed by atoms with Gasteiger partial charge in [0.05, 0.1) is 12.0 Å². The summed E-state index contributed by atoms with van der Waals surface area (Å²) in [6, 6.07) is 7.33. The van der Waals surface area contributed by atoms with Gasteiger partial charge in [0.25, 0.3) is 0 Å². The molecule has 11 heteroatoms. The highest BCUT2D eigenvalue weighted by molar-refractivity contribution is 5.96. The lowest BCUT2D eigenvalue weighted by Crippen LogP contribution is -2.25. The van der Waals surface area contributed by atoms with Gasteiger partial charge >= 0.3 is 12.3 Å². The van der Waals surface area contributed by atoms with Gasteiger partial charge in [0.2, 0.25) is 11.2 Å². The molecular formula is C25H23F5N2O4. The number of ether oxygens (including phenoxy) is 2. The highest BCUT2D eigenvalue weighted by Gasteiger charge is 2.36. The number of benzene rings is 2. The molecule has 0 bridgehead atoms. The van der Waals surface area contributed by atoms with E-state index in [1.54, 1.807) is 12.1 Å². The fourth-order valence-electron chi connectivity index (χ4n) is 4.34. The largest absolute Gasteiger partial charge is 0.573 e. The molecule has 36 heavy (non-hydrogen) atoms. The molecular weight excluding hydrogens is 487 g/mol. The van der Waals surface area contributed by atoms with E-state index in [0.717, 1.165) is 42.0 Å². The fourth-order valence-corrected chi connectivity index (χ4v) is 4.34. The second-order valence-corrected chi connectivity index (χ2v) is 8.44. The summed E-state index contributed by atoms with van der Waals surface area (Å²) in [5.74, 6) is -6.23. The van der Waals surface area contributed by atoms with Crippen molar-refractivity contribution in [3.05, 3.63) is 69.5 Å². The first kappa shape index (κ1) is 25.6. The van der Waals surface area contributed by atoms with Crippen molar-refractivity contribution in [2.45, 2.75) is 51.6 Å². The van der Waals surface area contributed by atoms with Crippen LogP contribution in [0, 0.1) is 11.6 Å². The third-order valence-corrected chi connectivity index (χ3v) is 6.02. The number of hydrogen-bond acceptors (Lipinski definition) is 5. The summed E-state index contributed by atoms with van der Waals surface area (Å²) in [4.78, 5) is 25.3. The maximum atomic E-state index is 14.6. The summed E-state index contributed by atoms with van der Waals surface area (Å²) < 4.78 is 77.8. The number of esters is 1. The van der Waals surface area contributed by atoms with Crippen molar-refractivity contribution in [1.82, 2.24) is 9.88 Å². The van der Waals surface area contributed by atoms with Crippen LogP contribution in [0.1, 0.15) is 48.5 Å². The van der Waals surface area contributed by atoms with E-state index in [9.17, 15) is 31.5 Å². The van der Waals surface area contributed by atoms with Gasteiger partial charge in [-0.25, -0.2) is 9.18 Å². The van der Waals surface area contributed by atoms with Gasteiger partial charge in [0.15, 0.2) is 11.6 Å². The van der Waals surface area contributed by atoms with E-state index in [1.807, 2.05) is 0 Å². The zero-order valence-corrected chi connectivity index (χ0v) is 19.3. The molecule has 2 aromatic carbocycles. The number of nitrogens with zero attached hydrogens (tertiary/aromatic N) is 1. The van der Waals surface area contributed by atoms with Crippen molar-refractivity contribution in [2.24, 2.45) is 0 Å². The molecule has 0 amide bonds. The summed E-state index contributed by atoms with van der Waals surface area (Å²) in [5, 5.41) is 2.76. The quantitative estimate of drug-likeness (QED) is 0.342. The standard InChI is InChI=1S/C25H23F5N2O4/c1-2-35-24(34)18-13-32(16-9-7-14(8-10-16)12-31-15-5-3-4-6-15)21-17(22(18)33)11-19(26)20(27)23(21)36-25(28,29)30/h7-11,13,15,31H,2-6,12H2,1H3. The van der Waals surface area contributed by atoms with Gasteiger partial charge in [-0.3, -0.25) is 4.79 Å². The maximum Gasteiger partial charge on any atom is 0.573 e. The third kappa shape index (κ3) is 5.35. The summed E-state index contributed by atoms with van der Waals surface area (Å²) in [6.07, 6.45) is 0.0636. The Morgan fingerprint density at radius 3 is 2.42 bits per heavy atom. The van der Waals surface area contributed by atoms with Crippen molar-refractivity contribution in [2.75, 3.05) is 6.61 Å². The smallest absolute Gasteiger partial charge is 0.462 e. The molecule has 1 N–H and O–H groups in total. The lowest BCUT2D eigenvalue weighted by atomic mass is 10.1. The molecule has 4 rings (SSSR count). The summed E-state index contributed by atoms with van der Waals surface area (Å²) >= 11 is 0. The van der Waals surface area contributed by atoms with Crippen molar-refractivity contribution in [1.29, 1.82) is 0 Å². The molecule has 3 aromatic rings. The number of aromatic nitrogens is 1. The van der Waals surface area contributed by atoms with Crippen molar-refractivity contribution >= 4 is 16.9 Å².